The van der Waals surface area contributed by atoms with Gasteiger partial charge < -0.3 is 25.3 Å². The van der Waals surface area contributed by atoms with Crippen molar-refractivity contribution >= 4 is 35.0 Å². The zero-order chi connectivity index (χ0) is 20.7. The number of anilines is 1. The van der Waals surface area contributed by atoms with Crippen molar-refractivity contribution in [1.29, 1.82) is 0 Å². The minimum atomic E-state index is -1.20. The van der Waals surface area contributed by atoms with E-state index in [4.69, 9.17) is 0 Å². The number of H-pyrrole nitrogens is 1. The molecule has 3 heterocycles. The van der Waals surface area contributed by atoms with E-state index in [1.807, 2.05) is 0 Å². The first kappa shape index (κ1) is 21.9. The summed E-state index contributed by atoms with van der Waals surface area (Å²) in [5.74, 6) is -1.20. The second-order valence-corrected chi connectivity index (χ2v) is 7.93. The molecule has 1 aromatic carbocycles. The van der Waals surface area contributed by atoms with Crippen molar-refractivity contribution in [2.45, 2.75) is 39.3 Å². The number of hydrogen-bond donors (Lipinski definition) is 4. The third-order valence-corrected chi connectivity index (χ3v) is 5.53. The molecule has 8 heteroatoms. The lowest BCUT2D eigenvalue weighted by atomic mass is 9.96. The Bertz CT molecular complexity index is 1160. The van der Waals surface area contributed by atoms with E-state index in [-0.39, 0.29) is 18.0 Å². The molecule has 0 fully saturated rings. The lowest BCUT2D eigenvalue weighted by Crippen LogP contribution is -2.23. The van der Waals surface area contributed by atoms with Crippen LogP contribution in [0, 0.1) is 0 Å². The highest BCUT2D eigenvalue weighted by Crippen LogP contribution is 2.36. The standard InChI is InChI=1S/C22H26N4O3.ClH/c1-12(2)24-11-15-7-14-9-16-18(10-19(14)26(15)3)23-6-4-5-13-8-17(22(28)29)21(27)25-20(13)16;/h7-10,12,23-24H,4-6,11H2,1-3H3,(H,25,27)(H,28,29);1H. The Kier molecular flexibility index (Phi) is 6.24. The molecule has 1 aliphatic rings. The number of fused-ring (bicyclic) bond motifs is 4. The Balaban J connectivity index is 0.00000256. The molecule has 7 nitrogen and oxygen atoms in total. The summed E-state index contributed by atoms with van der Waals surface area (Å²) < 4.78 is 2.18. The third kappa shape index (κ3) is 3.95. The smallest absolute Gasteiger partial charge is 0.341 e. The number of pyridine rings is 1. The maximum Gasteiger partial charge on any atom is 0.341 e. The van der Waals surface area contributed by atoms with Gasteiger partial charge in [-0.2, -0.15) is 0 Å². The molecule has 0 aliphatic carbocycles. The number of carboxylic acids is 1. The SMILES string of the molecule is CC(C)NCc1cc2cc3c(cc2n1C)NCCCc1cc(C(=O)O)c(=O)[nH]c1-3.Cl. The van der Waals surface area contributed by atoms with Crippen LogP contribution in [0.4, 0.5) is 5.69 Å². The molecule has 3 aromatic rings. The van der Waals surface area contributed by atoms with E-state index < -0.39 is 11.5 Å². The van der Waals surface area contributed by atoms with E-state index in [0.717, 1.165) is 47.2 Å². The normalized spacial score (nSPS) is 13.1. The monoisotopic (exact) mass is 430 g/mol. The molecule has 0 radical (unpaired) electrons. The number of nitrogens with zero attached hydrogens (tertiary/aromatic N) is 1. The summed E-state index contributed by atoms with van der Waals surface area (Å²) in [6.45, 7) is 5.80. The Morgan fingerprint density at radius 3 is 2.73 bits per heavy atom. The maximum atomic E-state index is 12.3. The van der Waals surface area contributed by atoms with E-state index in [2.05, 4.69) is 59.3 Å². The van der Waals surface area contributed by atoms with Crippen molar-refractivity contribution in [2.75, 3.05) is 11.9 Å². The van der Waals surface area contributed by atoms with Gasteiger partial charge in [0.15, 0.2) is 0 Å². The fraction of sp³-hybridized carbons (Fsp3) is 0.364. The summed E-state index contributed by atoms with van der Waals surface area (Å²) in [5.41, 5.74) is 4.93. The summed E-state index contributed by atoms with van der Waals surface area (Å²) in [5, 5.41) is 17.3. The third-order valence-electron chi connectivity index (χ3n) is 5.53. The van der Waals surface area contributed by atoms with Crippen molar-refractivity contribution in [1.82, 2.24) is 14.9 Å². The molecule has 160 valence electrons. The van der Waals surface area contributed by atoms with Crippen molar-refractivity contribution < 1.29 is 9.90 Å². The van der Waals surface area contributed by atoms with E-state index >= 15 is 0 Å². The van der Waals surface area contributed by atoms with Crippen LogP contribution in [-0.2, 0) is 20.0 Å². The van der Waals surface area contributed by atoms with E-state index in [1.165, 1.54) is 11.8 Å². The van der Waals surface area contributed by atoms with Gasteiger partial charge >= 0.3 is 5.97 Å². The number of hydrogen-bond acceptors (Lipinski definition) is 4. The average Bonchev–Trinajstić information content (AvgIpc) is 2.97. The average molecular weight is 431 g/mol. The summed E-state index contributed by atoms with van der Waals surface area (Å²) in [7, 11) is 2.06. The minimum Gasteiger partial charge on any atom is -0.477 e. The molecule has 0 saturated heterocycles. The van der Waals surface area contributed by atoms with Gasteiger partial charge in [-0.15, -0.1) is 12.4 Å². The van der Waals surface area contributed by atoms with Crippen LogP contribution in [0.5, 0.6) is 0 Å². The lowest BCUT2D eigenvalue weighted by Gasteiger charge is -2.19. The van der Waals surface area contributed by atoms with Gasteiger partial charge in [-0.05, 0) is 42.7 Å². The second kappa shape index (κ2) is 8.53. The molecule has 0 spiro atoms. The topological polar surface area (TPSA) is 99.2 Å². The predicted octanol–water partition coefficient (Wildman–Crippen LogP) is 3.51. The molecular formula is C22H27ClN4O3. The number of carbonyl (C=O) groups is 1. The molecule has 0 atom stereocenters. The van der Waals surface area contributed by atoms with E-state index in [9.17, 15) is 14.7 Å². The van der Waals surface area contributed by atoms with Gasteiger partial charge in [0.05, 0.1) is 11.2 Å². The zero-order valence-electron chi connectivity index (χ0n) is 17.3. The maximum absolute atomic E-state index is 12.3. The molecular weight excluding hydrogens is 404 g/mol. The Labute approximate surface area is 180 Å². The number of nitrogens with one attached hydrogen (secondary N) is 3. The molecule has 4 rings (SSSR count). The van der Waals surface area contributed by atoms with E-state index in [1.54, 1.807) is 0 Å². The van der Waals surface area contributed by atoms with Crippen LogP contribution in [-0.4, -0.2) is 33.2 Å². The highest BCUT2D eigenvalue weighted by atomic mass is 35.5. The number of benzene rings is 1. The summed E-state index contributed by atoms with van der Waals surface area (Å²) in [6, 6.07) is 8.28. The van der Waals surface area contributed by atoms with Gasteiger partial charge in [-0.25, -0.2) is 4.79 Å². The number of aromatic nitrogens is 2. The summed E-state index contributed by atoms with van der Waals surface area (Å²) in [6.07, 6.45) is 1.56. The number of carboxylic acid groups (broad SMARTS) is 1. The van der Waals surface area contributed by atoms with Crippen LogP contribution in [0.1, 0.15) is 41.9 Å². The molecule has 4 N–H and O–H groups in total. The molecule has 30 heavy (non-hydrogen) atoms. The lowest BCUT2D eigenvalue weighted by molar-refractivity contribution is 0.0695. The fourth-order valence-electron chi connectivity index (χ4n) is 3.94. The molecule has 0 unspecified atom stereocenters. The van der Waals surface area contributed by atoms with Crippen LogP contribution in [0.2, 0.25) is 0 Å². The quantitative estimate of drug-likeness (QED) is 0.507. The van der Waals surface area contributed by atoms with Crippen molar-refractivity contribution in [2.24, 2.45) is 7.05 Å². The first-order chi connectivity index (χ1) is 13.8. The molecule has 2 aromatic heterocycles. The number of aromatic amines is 1. The van der Waals surface area contributed by atoms with Crippen molar-refractivity contribution in [3.8, 4) is 11.3 Å². The summed E-state index contributed by atoms with van der Waals surface area (Å²) >= 11 is 0. The second-order valence-electron chi connectivity index (χ2n) is 7.93. The van der Waals surface area contributed by atoms with E-state index in [0.29, 0.717) is 18.2 Å². The first-order valence-corrected chi connectivity index (χ1v) is 9.94. The zero-order valence-corrected chi connectivity index (χ0v) is 18.2. The van der Waals surface area contributed by atoms with Crippen molar-refractivity contribution in [3.05, 3.63) is 51.4 Å². The van der Waals surface area contributed by atoms with Gasteiger partial charge in [-0.3, -0.25) is 4.79 Å². The highest BCUT2D eigenvalue weighted by Gasteiger charge is 2.20. The molecule has 0 saturated carbocycles. The number of aromatic carboxylic acids is 1. The van der Waals surface area contributed by atoms with Gasteiger partial charge in [0.1, 0.15) is 5.56 Å². The van der Waals surface area contributed by atoms with Crippen LogP contribution in [0.25, 0.3) is 22.2 Å². The number of aryl methyl sites for hydroxylation is 2. The van der Waals surface area contributed by atoms with Crippen LogP contribution in [0.15, 0.2) is 29.1 Å². The molecule has 0 bridgehead atoms. The first-order valence-electron chi connectivity index (χ1n) is 9.94. The van der Waals surface area contributed by atoms with Gasteiger partial charge in [0, 0.05) is 48.5 Å². The highest BCUT2D eigenvalue weighted by molar-refractivity contribution is 5.94. The fourth-order valence-corrected chi connectivity index (χ4v) is 3.94. The largest absolute Gasteiger partial charge is 0.477 e. The predicted molar refractivity (Wildman–Crippen MR) is 122 cm³/mol. The molecule has 0 amide bonds. The van der Waals surface area contributed by atoms with Crippen LogP contribution >= 0.6 is 12.4 Å². The Morgan fingerprint density at radius 2 is 2.03 bits per heavy atom. The Hall–Kier alpha value is -2.77. The van der Waals surface area contributed by atoms with Crippen LogP contribution in [0.3, 0.4) is 0 Å². The number of halogens is 1. The van der Waals surface area contributed by atoms with Gasteiger partial charge in [0.2, 0.25) is 0 Å². The minimum absolute atomic E-state index is 0. The number of rotatable bonds is 4. The Morgan fingerprint density at radius 1 is 1.27 bits per heavy atom. The van der Waals surface area contributed by atoms with Crippen LogP contribution < -0.4 is 16.2 Å². The van der Waals surface area contributed by atoms with Gasteiger partial charge in [0.25, 0.3) is 5.56 Å². The van der Waals surface area contributed by atoms with Crippen molar-refractivity contribution in [3.63, 3.8) is 0 Å². The summed E-state index contributed by atoms with van der Waals surface area (Å²) in [4.78, 5) is 26.6. The molecule has 1 aliphatic heterocycles. The van der Waals surface area contributed by atoms with Gasteiger partial charge in [-0.1, -0.05) is 13.8 Å².